The maximum absolute atomic E-state index is 13.0. The highest BCUT2D eigenvalue weighted by molar-refractivity contribution is 5.70. The van der Waals surface area contributed by atoms with Gasteiger partial charge in [-0.05, 0) is 58.2 Å². The van der Waals surface area contributed by atoms with Crippen LogP contribution in [-0.4, -0.2) is 38.1 Å². The second-order valence-electron chi connectivity index (χ2n) is 7.24. The lowest BCUT2D eigenvalue weighted by Crippen LogP contribution is -2.55. The largest absolute Gasteiger partial charge is 0.444 e. The zero-order valence-electron chi connectivity index (χ0n) is 15.0. The van der Waals surface area contributed by atoms with E-state index in [1.165, 1.54) is 0 Å². The van der Waals surface area contributed by atoms with Crippen LogP contribution < -0.4 is 0 Å². The molecular formula is C19H24N4O2. The summed E-state index contributed by atoms with van der Waals surface area (Å²) < 4.78 is 5.68. The molecule has 1 aliphatic heterocycles. The summed E-state index contributed by atoms with van der Waals surface area (Å²) in [6.45, 7) is 6.20. The number of ether oxygens (including phenoxy) is 1. The fourth-order valence-electron chi connectivity index (χ4n) is 3.27. The van der Waals surface area contributed by atoms with Gasteiger partial charge in [-0.3, -0.25) is 9.88 Å². The molecule has 0 bridgehead atoms. The average Bonchev–Trinajstić information content (AvgIpc) is 2.61. The summed E-state index contributed by atoms with van der Waals surface area (Å²) in [5.41, 5.74) is -0.600. The van der Waals surface area contributed by atoms with E-state index in [1.807, 2.05) is 39.0 Å². The van der Waals surface area contributed by atoms with Crippen molar-refractivity contribution in [1.82, 2.24) is 19.9 Å². The molecule has 0 spiro atoms. The quantitative estimate of drug-likeness (QED) is 0.836. The third kappa shape index (κ3) is 3.48. The molecule has 2 aromatic heterocycles. The van der Waals surface area contributed by atoms with Crippen molar-refractivity contribution in [2.75, 3.05) is 6.54 Å². The van der Waals surface area contributed by atoms with Gasteiger partial charge in [0.2, 0.25) is 0 Å². The van der Waals surface area contributed by atoms with Crippen molar-refractivity contribution >= 4 is 6.09 Å². The minimum absolute atomic E-state index is 0.356. The Morgan fingerprint density at radius 1 is 1.08 bits per heavy atom. The van der Waals surface area contributed by atoms with Crippen LogP contribution in [0.25, 0.3) is 0 Å². The zero-order chi connectivity index (χ0) is 17.9. The molecule has 6 nitrogen and oxygen atoms in total. The average molecular weight is 340 g/mol. The third-order valence-corrected chi connectivity index (χ3v) is 4.27. The Balaban J connectivity index is 2.12. The number of hydrogen-bond acceptors (Lipinski definition) is 5. The highest BCUT2D eigenvalue weighted by Gasteiger charge is 2.49. The molecule has 132 valence electrons. The molecular weight excluding hydrogens is 316 g/mol. The Hall–Kier alpha value is -2.50. The number of piperidine rings is 1. The third-order valence-electron chi connectivity index (χ3n) is 4.27. The number of carbonyl (C=O) groups excluding carboxylic acids is 1. The highest BCUT2D eigenvalue weighted by atomic mass is 16.6. The molecule has 0 aliphatic carbocycles. The van der Waals surface area contributed by atoms with E-state index in [-0.39, 0.29) is 6.09 Å². The molecule has 1 fully saturated rings. The van der Waals surface area contributed by atoms with E-state index in [0.29, 0.717) is 18.8 Å². The Morgan fingerprint density at radius 3 is 2.44 bits per heavy atom. The summed E-state index contributed by atoms with van der Waals surface area (Å²) in [7, 11) is 0. The second-order valence-corrected chi connectivity index (χ2v) is 7.24. The van der Waals surface area contributed by atoms with E-state index in [2.05, 4.69) is 15.0 Å². The molecule has 1 unspecified atom stereocenters. The van der Waals surface area contributed by atoms with Gasteiger partial charge in [-0.2, -0.15) is 0 Å². The van der Waals surface area contributed by atoms with Crippen LogP contribution in [0.1, 0.15) is 51.6 Å². The molecule has 0 radical (unpaired) electrons. The van der Waals surface area contributed by atoms with E-state index in [9.17, 15) is 4.79 Å². The zero-order valence-corrected chi connectivity index (χ0v) is 15.0. The normalized spacial score (nSPS) is 21.0. The Kier molecular flexibility index (Phi) is 4.70. The van der Waals surface area contributed by atoms with E-state index < -0.39 is 11.1 Å². The Bertz CT molecular complexity index is 674. The van der Waals surface area contributed by atoms with Crippen molar-refractivity contribution in [2.45, 2.75) is 51.2 Å². The van der Waals surface area contributed by atoms with E-state index in [4.69, 9.17) is 4.74 Å². The van der Waals surface area contributed by atoms with E-state index in [1.54, 1.807) is 29.6 Å². The van der Waals surface area contributed by atoms with Crippen LogP contribution in [0, 0.1) is 0 Å². The van der Waals surface area contributed by atoms with E-state index in [0.717, 1.165) is 18.5 Å². The minimum Gasteiger partial charge on any atom is -0.444 e. The molecule has 2 aromatic rings. The van der Waals surface area contributed by atoms with E-state index >= 15 is 0 Å². The van der Waals surface area contributed by atoms with Crippen LogP contribution in [0.15, 0.2) is 42.9 Å². The van der Waals surface area contributed by atoms with Crippen LogP contribution in [0.3, 0.4) is 0 Å². The number of amides is 1. The summed E-state index contributed by atoms with van der Waals surface area (Å²) in [4.78, 5) is 28.3. The van der Waals surface area contributed by atoms with Crippen molar-refractivity contribution in [3.63, 3.8) is 0 Å². The van der Waals surface area contributed by atoms with Crippen molar-refractivity contribution in [3.8, 4) is 0 Å². The lowest BCUT2D eigenvalue weighted by Gasteiger charge is -2.45. The summed E-state index contributed by atoms with van der Waals surface area (Å²) in [6, 6.07) is 7.49. The van der Waals surface area contributed by atoms with Crippen molar-refractivity contribution in [1.29, 1.82) is 0 Å². The number of likely N-dealkylation sites (tertiary alicyclic amines) is 1. The molecule has 1 aliphatic rings. The summed E-state index contributed by atoms with van der Waals surface area (Å²) in [6.07, 6.45) is 7.39. The SMILES string of the molecule is CC(C)(C)OC(=O)N1CCCCC1(c1ccccn1)c1ncccn1. The van der Waals surface area contributed by atoms with Gasteiger partial charge in [0, 0.05) is 25.1 Å². The lowest BCUT2D eigenvalue weighted by molar-refractivity contribution is -0.0100. The molecule has 1 amide bonds. The standard InChI is InChI=1S/C19H24N4O2/c1-18(2,3)25-17(24)23-14-7-5-10-19(23,15-9-4-6-11-20-15)16-21-12-8-13-22-16/h4,6,8-9,11-13H,5,7,10,14H2,1-3H3. The van der Waals surface area contributed by atoms with Gasteiger partial charge in [0.05, 0.1) is 5.69 Å². The fourth-order valence-corrected chi connectivity index (χ4v) is 3.27. The minimum atomic E-state index is -0.802. The number of carbonyl (C=O) groups is 1. The molecule has 0 saturated carbocycles. The maximum atomic E-state index is 13.0. The number of nitrogens with zero attached hydrogens (tertiary/aromatic N) is 4. The van der Waals surface area contributed by atoms with Gasteiger partial charge in [0.25, 0.3) is 0 Å². The van der Waals surface area contributed by atoms with Gasteiger partial charge >= 0.3 is 6.09 Å². The van der Waals surface area contributed by atoms with Crippen molar-refractivity contribution in [3.05, 3.63) is 54.4 Å². The van der Waals surface area contributed by atoms with Gasteiger partial charge in [0.1, 0.15) is 11.1 Å². The molecule has 1 atom stereocenters. The smallest absolute Gasteiger partial charge is 0.411 e. The Morgan fingerprint density at radius 2 is 1.80 bits per heavy atom. The van der Waals surface area contributed by atoms with Crippen molar-refractivity contribution < 1.29 is 9.53 Å². The first kappa shape index (κ1) is 17.3. The number of pyridine rings is 1. The first-order chi connectivity index (χ1) is 11.9. The monoisotopic (exact) mass is 340 g/mol. The van der Waals surface area contributed by atoms with Gasteiger partial charge in [-0.1, -0.05) is 6.07 Å². The molecule has 25 heavy (non-hydrogen) atoms. The second kappa shape index (κ2) is 6.78. The number of rotatable bonds is 2. The predicted molar refractivity (Wildman–Crippen MR) is 93.8 cm³/mol. The van der Waals surface area contributed by atoms with Gasteiger partial charge in [-0.15, -0.1) is 0 Å². The molecule has 6 heteroatoms. The summed E-state index contributed by atoms with van der Waals surface area (Å²) >= 11 is 0. The van der Waals surface area contributed by atoms with Gasteiger partial charge < -0.3 is 4.74 Å². The highest BCUT2D eigenvalue weighted by Crippen LogP contribution is 2.41. The fraction of sp³-hybridized carbons (Fsp3) is 0.474. The van der Waals surface area contributed by atoms with Crippen LogP contribution in [0.4, 0.5) is 4.79 Å². The molecule has 1 saturated heterocycles. The van der Waals surface area contributed by atoms with Crippen LogP contribution in [0.5, 0.6) is 0 Å². The van der Waals surface area contributed by atoms with Crippen LogP contribution in [-0.2, 0) is 10.3 Å². The molecule has 0 N–H and O–H groups in total. The molecule has 0 aromatic carbocycles. The van der Waals surface area contributed by atoms with Gasteiger partial charge in [-0.25, -0.2) is 14.8 Å². The van der Waals surface area contributed by atoms with Crippen molar-refractivity contribution in [2.24, 2.45) is 0 Å². The molecule has 3 heterocycles. The van der Waals surface area contributed by atoms with Crippen LogP contribution in [0.2, 0.25) is 0 Å². The maximum Gasteiger partial charge on any atom is 0.411 e. The lowest BCUT2D eigenvalue weighted by atomic mass is 9.82. The number of hydrogen-bond donors (Lipinski definition) is 0. The topological polar surface area (TPSA) is 68.2 Å². The summed E-state index contributed by atoms with van der Waals surface area (Å²) in [5, 5.41) is 0. The predicted octanol–water partition coefficient (Wildman–Crippen LogP) is 3.54. The first-order valence-corrected chi connectivity index (χ1v) is 8.63. The van der Waals surface area contributed by atoms with Crippen LogP contribution >= 0.6 is 0 Å². The molecule has 3 rings (SSSR count). The van der Waals surface area contributed by atoms with Gasteiger partial charge in [0.15, 0.2) is 5.82 Å². The first-order valence-electron chi connectivity index (χ1n) is 8.63. The number of aromatic nitrogens is 3. The Labute approximate surface area is 148 Å². The summed E-state index contributed by atoms with van der Waals surface area (Å²) in [5.74, 6) is 0.583.